The molecular weight excluding hydrogens is 292 g/mol. The van der Waals surface area contributed by atoms with E-state index in [-0.39, 0.29) is 18.6 Å². The van der Waals surface area contributed by atoms with Crippen LogP contribution in [-0.4, -0.2) is 31.2 Å². The molecule has 1 fully saturated rings. The molecule has 2 N–H and O–H groups in total. The Morgan fingerprint density at radius 2 is 1.87 bits per heavy atom. The van der Waals surface area contributed by atoms with Crippen molar-refractivity contribution in [2.24, 2.45) is 0 Å². The van der Waals surface area contributed by atoms with Gasteiger partial charge in [-0.3, -0.25) is 4.79 Å². The molecule has 2 amide bonds. The highest BCUT2D eigenvalue weighted by Gasteiger charge is 2.15. The summed E-state index contributed by atoms with van der Waals surface area (Å²) in [4.78, 5) is 23.2. The summed E-state index contributed by atoms with van der Waals surface area (Å²) in [5.74, 6) is -0.204. The van der Waals surface area contributed by atoms with Crippen LogP contribution in [0.1, 0.15) is 37.7 Å². The van der Waals surface area contributed by atoms with Crippen LogP contribution in [0.4, 0.5) is 4.79 Å². The lowest BCUT2D eigenvalue weighted by atomic mass is 9.96. The second kappa shape index (κ2) is 9.66. The molecule has 5 nitrogen and oxygen atoms in total. The third kappa shape index (κ3) is 7.00. The molecule has 1 aliphatic carbocycles. The van der Waals surface area contributed by atoms with Gasteiger partial charge in [0.2, 0.25) is 5.91 Å². The van der Waals surface area contributed by atoms with Gasteiger partial charge in [-0.05, 0) is 24.5 Å². The largest absolute Gasteiger partial charge is 0.448 e. The lowest BCUT2D eigenvalue weighted by Gasteiger charge is -2.22. The summed E-state index contributed by atoms with van der Waals surface area (Å²) in [6.45, 7) is 0.472. The Hall–Kier alpha value is -2.30. The topological polar surface area (TPSA) is 67.4 Å². The number of rotatable bonds is 6. The van der Waals surface area contributed by atoms with Crippen molar-refractivity contribution in [2.45, 2.75) is 38.1 Å². The van der Waals surface area contributed by atoms with E-state index in [2.05, 4.69) is 10.6 Å². The van der Waals surface area contributed by atoms with Gasteiger partial charge in [0.15, 0.2) is 0 Å². The van der Waals surface area contributed by atoms with Gasteiger partial charge in [-0.2, -0.15) is 0 Å². The molecule has 0 unspecified atom stereocenters. The van der Waals surface area contributed by atoms with Crippen LogP contribution in [0.2, 0.25) is 0 Å². The van der Waals surface area contributed by atoms with Gasteiger partial charge in [0, 0.05) is 12.1 Å². The Bertz CT molecular complexity index is 522. The highest BCUT2D eigenvalue weighted by molar-refractivity contribution is 5.91. The molecule has 0 saturated heterocycles. The van der Waals surface area contributed by atoms with Crippen LogP contribution in [0.3, 0.4) is 0 Å². The molecule has 0 aliphatic heterocycles. The summed E-state index contributed by atoms with van der Waals surface area (Å²) in [5.41, 5.74) is 0.964. The van der Waals surface area contributed by atoms with Gasteiger partial charge in [0.1, 0.15) is 6.61 Å². The summed E-state index contributed by atoms with van der Waals surface area (Å²) in [6.07, 6.45) is 8.43. The van der Waals surface area contributed by atoms with Gasteiger partial charge in [-0.25, -0.2) is 4.79 Å². The molecule has 0 atom stereocenters. The Balaban J connectivity index is 1.56. The number of carbonyl (C=O) groups excluding carboxylic acids is 2. The Morgan fingerprint density at radius 1 is 1.13 bits per heavy atom. The van der Waals surface area contributed by atoms with Gasteiger partial charge in [-0.15, -0.1) is 0 Å². The van der Waals surface area contributed by atoms with Gasteiger partial charge < -0.3 is 15.4 Å². The van der Waals surface area contributed by atoms with Crippen LogP contribution < -0.4 is 10.6 Å². The fourth-order valence-electron chi connectivity index (χ4n) is 2.57. The normalized spacial score (nSPS) is 15.3. The van der Waals surface area contributed by atoms with Gasteiger partial charge in [-0.1, -0.05) is 49.6 Å². The van der Waals surface area contributed by atoms with Crippen molar-refractivity contribution in [2.75, 3.05) is 13.2 Å². The minimum atomic E-state index is -0.397. The molecule has 0 aromatic heterocycles. The molecule has 1 saturated carbocycles. The van der Waals surface area contributed by atoms with E-state index in [9.17, 15) is 9.59 Å². The van der Waals surface area contributed by atoms with Gasteiger partial charge in [0.25, 0.3) is 0 Å². The van der Waals surface area contributed by atoms with E-state index in [1.54, 1.807) is 6.08 Å². The standard InChI is InChI=1S/C18H24N2O3/c21-17(12-11-15-7-3-1-4-8-15)19-13-14-23-18(22)20-16-9-5-2-6-10-16/h1,3-4,7-8,11-12,16H,2,5-6,9-10,13-14H2,(H,19,21)(H,20,22)/b12-11+. The maximum Gasteiger partial charge on any atom is 0.407 e. The molecule has 0 heterocycles. The molecule has 23 heavy (non-hydrogen) atoms. The number of hydrogen-bond donors (Lipinski definition) is 2. The number of carbonyl (C=O) groups is 2. The number of hydrogen-bond acceptors (Lipinski definition) is 3. The van der Waals surface area contributed by atoms with Crippen molar-refractivity contribution < 1.29 is 14.3 Å². The molecule has 1 aromatic carbocycles. The highest BCUT2D eigenvalue weighted by atomic mass is 16.5. The van der Waals surface area contributed by atoms with E-state index in [1.807, 2.05) is 30.3 Å². The highest BCUT2D eigenvalue weighted by Crippen LogP contribution is 2.17. The molecule has 0 radical (unpaired) electrons. The Labute approximate surface area is 137 Å². The Morgan fingerprint density at radius 3 is 2.61 bits per heavy atom. The van der Waals surface area contributed by atoms with Crippen molar-refractivity contribution in [3.63, 3.8) is 0 Å². The predicted molar refractivity (Wildman–Crippen MR) is 89.8 cm³/mol. The van der Waals surface area contributed by atoms with E-state index < -0.39 is 6.09 Å². The number of ether oxygens (including phenoxy) is 1. The number of amides is 2. The van der Waals surface area contributed by atoms with Crippen LogP contribution in [0.5, 0.6) is 0 Å². The van der Waals surface area contributed by atoms with Crippen LogP contribution in [0.15, 0.2) is 36.4 Å². The maximum absolute atomic E-state index is 11.6. The summed E-state index contributed by atoms with van der Waals surface area (Å²) in [7, 11) is 0. The summed E-state index contributed by atoms with van der Waals surface area (Å²) in [5, 5.41) is 5.55. The Kier molecular flexibility index (Phi) is 7.17. The summed E-state index contributed by atoms with van der Waals surface area (Å²) >= 11 is 0. The number of nitrogens with one attached hydrogen (secondary N) is 2. The summed E-state index contributed by atoms with van der Waals surface area (Å²) in [6, 6.07) is 9.82. The minimum absolute atomic E-state index is 0.170. The van der Waals surface area contributed by atoms with Crippen LogP contribution in [-0.2, 0) is 9.53 Å². The molecule has 124 valence electrons. The van der Waals surface area contributed by atoms with Crippen molar-refractivity contribution in [1.82, 2.24) is 10.6 Å². The third-order valence-corrected chi connectivity index (χ3v) is 3.79. The van der Waals surface area contributed by atoms with Crippen LogP contribution >= 0.6 is 0 Å². The third-order valence-electron chi connectivity index (χ3n) is 3.79. The van der Waals surface area contributed by atoms with Crippen molar-refractivity contribution in [1.29, 1.82) is 0 Å². The molecule has 0 spiro atoms. The molecule has 0 bridgehead atoms. The zero-order chi connectivity index (χ0) is 16.3. The van der Waals surface area contributed by atoms with E-state index in [0.717, 1.165) is 31.2 Å². The predicted octanol–water partition coefficient (Wildman–Crippen LogP) is 2.87. The second-order valence-corrected chi connectivity index (χ2v) is 5.65. The molecule has 5 heteroatoms. The fraction of sp³-hybridized carbons (Fsp3) is 0.444. The van der Waals surface area contributed by atoms with Crippen LogP contribution in [0, 0.1) is 0 Å². The van der Waals surface area contributed by atoms with E-state index >= 15 is 0 Å². The zero-order valence-corrected chi connectivity index (χ0v) is 13.3. The van der Waals surface area contributed by atoms with Crippen LogP contribution in [0.25, 0.3) is 6.08 Å². The monoisotopic (exact) mass is 316 g/mol. The summed E-state index contributed by atoms with van der Waals surface area (Å²) < 4.78 is 5.07. The average Bonchev–Trinajstić information content (AvgIpc) is 2.59. The first kappa shape index (κ1) is 17.1. The van der Waals surface area contributed by atoms with Crippen molar-refractivity contribution >= 4 is 18.1 Å². The molecule has 2 rings (SSSR count). The molecule has 1 aliphatic rings. The average molecular weight is 316 g/mol. The van der Waals surface area contributed by atoms with Crippen molar-refractivity contribution in [3.8, 4) is 0 Å². The SMILES string of the molecule is O=C(/C=C/c1ccccc1)NCCOC(=O)NC1CCCCC1. The molecule has 1 aromatic rings. The van der Waals surface area contributed by atoms with E-state index in [0.29, 0.717) is 6.54 Å². The van der Waals surface area contributed by atoms with E-state index in [1.165, 1.54) is 12.5 Å². The first-order valence-corrected chi connectivity index (χ1v) is 8.18. The number of benzene rings is 1. The smallest absolute Gasteiger partial charge is 0.407 e. The lowest BCUT2D eigenvalue weighted by Crippen LogP contribution is -2.37. The molecular formula is C18H24N2O3. The number of alkyl carbamates (subject to hydrolysis) is 1. The van der Waals surface area contributed by atoms with Gasteiger partial charge >= 0.3 is 6.09 Å². The van der Waals surface area contributed by atoms with E-state index in [4.69, 9.17) is 4.74 Å². The second-order valence-electron chi connectivity index (χ2n) is 5.65. The lowest BCUT2D eigenvalue weighted by molar-refractivity contribution is -0.116. The first-order chi connectivity index (χ1) is 11.2. The quantitative estimate of drug-likeness (QED) is 0.626. The maximum atomic E-state index is 11.6. The minimum Gasteiger partial charge on any atom is -0.448 e. The van der Waals surface area contributed by atoms with Gasteiger partial charge in [0.05, 0.1) is 6.54 Å². The van der Waals surface area contributed by atoms with Crippen molar-refractivity contribution in [3.05, 3.63) is 42.0 Å². The first-order valence-electron chi connectivity index (χ1n) is 8.18. The zero-order valence-electron chi connectivity index (χ0n) is 13.3. The fourth-order valence-corrected chi connectivity index (χ4v) is 2.57.